The molecule has 15 atom stereocenters. The van der Waals surface area contributed by atoms with Crippen LogP contribution in [0.1, 0.15) is 101 Å². The molecule has 0 bridgehead atoms. The molecule has 0 N–H and O–H groups in total. The lowest BCUT2D eigenvalue weighted by Crippen LogP contribution is -2.66. The number of hydrogen-bond donors (Lipinski definition) is 0. The summed E-state index contributed by atoms with van der Waals surface area (Å²) < 4.78 is 103. The van der Waals surface area contributed by atoms with Crippen LogP contribution in [0.2, 0.25) is 0 Å². The van der Waals surface area contributed by atoms with Crippen LogP contribution in [0.5, 0.6) is 0 Å². The second kappa shape index (κ2) is 37.5. The van der Waals surface area contributed by atoms with Crippen LogP contribution in [0.15, 0.2) is 217 Å². The zero-order chi connectivity index (χ0) is 72.8. The van der Waals surface area contributed by atoms with Crippen LogP contribution in [0.4, 0.5) is 0 Å². The van der Waals surface area contributed by atoms with E-state index in [1.807, 2.05) is 212 Å². The van der Waals surface area contributed by atoms with Crippen molar-refractivity contribution in [2.45, 2.75) is 201 Å². The van der Waals surface area contributed by atoms with Gasteiger partial charge in [-0.1, -0.05) is 217 Å². The number of azide groups is 1. The van der Waals surface area contributed by atoms with Crippen molar-refractivity contribution in [1.82, 2.24) is 0 Å². The molecular formula is C82H97N3O18. The summed E-state index contributed by atoms with van der Waals surface area (Å²) in [5.74, 6) is -2.19. The Bertz CT molecular complexity index is 3730. The number of ether oxygens (including phenoxy) is 15. The first-order valence-electron chi connectivity index (χ1n) is 35.1. The van der Waals surface area contributed by atoms with Gasteiger partial charge in [-0.3, -0.25) is 14.4 Å². The van der Waals surface area contributed by atoms with Crippen LogP contribution < -0.4 is 0 Å². The molecule has 548 valence electrons. The van der Waals surface area contributed by atoms with Gasteiger partial charge in [-0.25, -0.2) is 0 Å². The van der Waals surface area contributed by atoms with Gasteiger partial charge in [-0.15, -0.1) is 0 Å². The van der Waals surface area contributed by atoms with Crippen molar-refractivity contribution < 1.29 is 85.4 Å². The first-order chi connectivity index (χ1) is 49.7. The molecule has 3 saturated heterocycles. The predicted molar refractivity (Wildman–Crippen MR) is 381 cm³/mol. The minimum atomic E-state index is -1.69. The molecule has 0 aromatic heterocycles. The molecule has 3 heterocycles. The second-order valence-electron chi connectivity index (χ2n) is 29.0. The molecule has 3 aliphatic rings. The van der Waals surface area contributed by atoms with Crippen molar-refractivity contribution >= 4 is 17.9 Å². The summed E-state index contributed by atoms with van der Waals surface area (Å²) in [6.07, 6.45) is -18.8. The summed E-state index contributed by atoms with van der Waals surface area (Å²) >= 11 is 0. The summed E-state index contributed by atoms with van der Waals surface area (Å²) in [7, 11) is 0. The maximum atomic E-state index is 14.7. The molecule has 0 spiro atoms. The van der Waals surface area contributed by atoms with Gasteiger partial charge in [0.1, 0.15) is 54.9 Å². The van der Waals surface area contributed by atoms with Gasteiger partial charge in [0.2, 0.25) is 0 Å². The van der Waals surface area contributed by atoms with Gasteiger partial charge in [0.25, 0.3) is 0 Å². The largest absolute Gasteiger partial charge is 0.455 e. The van der Waals surface area contributed by atoms with Gasteiger partial charge in [0.05, 0.1) is 82.3 Å². The Balaban J connectivity index is 1.06. The highest BCUT2D eigenvalue weighted by Gasteiger charge is 2.57. The number of carbonyl (C=O) groups is 3. The number of nitrogens with zero attached hydrogens (tertiary/aromatic N) is 3. The highest BCUT2D eigenvalue weighted by molar-refractivity contribution is 5.77. The van der Waals surface area contributed by atoms with Crippen molar-refractivity contribution in [3.8, 4) is 0 Å². The van der Waals surface area contributed by atoms with E-state index in [-0.39, 0.29) is 52.9 Å². The zero-order valence-corrected chi connectivity index (χ0v) is 60.1. The van der Waals surface area contributed by atoms with E-state index in [4.69, 9.17) is 71.1 Å². The monoisotopic (exact) mass is 1410 g/mol. The van der Waals surface area contributed by atoms with E-state index in [2.05, 4.69) is 10.0 Å². The van der Waals surface area contributed by atoms with Gasteiger partial charge < -0.3 is 71.1 Å². The normalized spacial score (nSPS) is 25.2. The number of benzene rings is 7. The van der Waals surface area contributed by atoms with Gasteiger partial charge in [0, 0.05) is 4.91 Å². The Morgan fingerprint density at radius 1 is 0.320 bits per heavy atom. The Labute approximate surface area is 604 Å². The van der Waals surface area contributed by atoms with Crippen LogP contribution in [0.25, 0.3) is 10.4 Å². The van der Waals surface area contributed by atoms with Gasteiger partial charge >= 0.3 is 17.9 Å². The summed E-state index contributed by atoms with van der Waals surface area (Å²) in [5, 5.41) is 4.17. The first-order valence-corrected chi connectivity index (χ1v) is 35.1. The zero-order valence-electron chi connectivity index (χ0n) is 60.1. The van der Waals surface area contributed by atoms with E-state index in [0.717, 1.165) is 38.9 Å². The van der Waals surface area contributed by atoms with E-state index in [1.54, 1.807) is 62.3 Å². The Kier molecular flexibility index (Phi) is 28.2. The van der Waals surface area contributed by atoms with Gasteiger partial charge in [0.15, 0.2) is 37.1 Å². The lowest BCUT2D eigenvalue weighted by Gasteiger charge is -2.48. The maximum absolute atomic E-state index is 14.7. The molecule has 3 aliphatic heterocycles. The van der Waals surface area contributed by atoms with E-state index in [9.17, 15) is 19.9 Å². The summed E-state index contributed by atoms with van der Waals surface area (Å²) in [5.41, 5.74) is 12.8. The van der Waals surface area contributed by atoms with Gasteiger partial charge in [-0.2, -0.15) is 0 Å². The van der Waals surface area contributed by atoms with Crippen LogP contribution in [-0.2, 0) is 132 Å². The third-order valence-corrected chi connectivity index (χ3v) is 17.5. The quantitative estimate of drug-likeness (QED) is 0.0125. The van der Waals surface area contributed by atoms with E-state index >= 15 is 0 Å². The second-order valence-corrected chi connectivity index (χ2v) is 29.0. The third kappa shape index (κ3) is 22.6. The van der Waals surface area contributed by atoms with Crippen LogP contribution in [-0.4, -0.2) is 130 Å². The highest BCUT2D eigenvalue weighted by atomic mass is 16.8. The SMILES string of the molecule is CC(C)(C)C(=O)O[C@@H]1[C@@H](OC(=O)C(C)(C)C)[C@H](OC[C@H]2O[C@H](N=[N+]=[N-])[C@H](OCc3ccccc3)[C@@H](OCc3ccccc3)[C@@H]2OCc2ccccc2)O[C@H](CO[C@H]2O[C@H](COCc3ccccc3)[C@@H](OCc3ccccc3)[C@H](OCc3ccccc3)[C@H]2OCc2ccccc2)[C@H]1OC(=O)C(C)(C)C. The van der Waals surface area contributed by atoms with E-state index < -0.39 is 139 Å². The molecule has 0 saturated carbocycles. The van der Waals surface area contributed by atoms with Crippen molar-refractivity contribution in [3.05, 3.63) is 262 Å². The average Bonchev–Trinajstić information content (AvgIpc) is 0.783. The van der Waals surface area contributed by atoms with Crippen molar-refractivity contribution in [3.63, 3.8) is 0 Å². The smallest absolute Gasteiger partial charge is 0.311 e. The molecule has 3 fully saturated rings. The fraction of sp³-hybridized carbons (Fsp3) is 0.451. The van der Waals surface area contributed by atoms with E-state index in [0.29, 0.717) is 0 Å². The molecule has 7 aromatic rings. The van der Waals surface area contributed by atoms with Crippen LogP contribution >= 0.6 is 0 Å². The topological polar surface area (TPSA) is 238 Å². The number of carbonyl (C=O) groups excluding carboxylic acids is 3. The van der Waals surface area contributed by atoms with Crippen LogP contribution in [0.3, 0.4) is 0 Å². The van der Waals surface area contributed by atoms with Crippen molar-refractivity contribution in [1.29, 1.82) is 0 Å². The minimum Gasteiger partial charge on any atom is -0.455 e. The third-order valence-electron chi connectivity index (χ3n) is 17.5. The van der Waals surface area contributed by atoms with E-state index in [1.165, 1.54) is 0 Å². The standard InChI is InChI=1S/C82H97N3O18/c1-80(2,3)77(86)101-67-64(54-96-75-72(95-51-61-43-29-16-30-44-61)69(93-49-59-39-25-14-26-40-59)65(90-46-56-33-19-11-20-34-56)62(99-75)52-89-45-55-31-17-10-18-32-55)100-76(73(103-79(88)82(7,8)9)70(67)102-78(87)81(4,5)6)97-53-63-66(91-47-57-35-21-12-22-36-57)68(92-48-58-37-23-13-24-38-58)71(74(98-63)84-85-83)94-50-60-41-27-15-28-42-60/h10-44,62-76H,45-54H2,1-9H3/t62-,63-,64-,65-,66-,67-,68+,69+,70+,71-,72-,73-,74+,75+,76-/m1/s1. The molecule has 7 aromatic carbocycles. The summed E-state index contributed by atoms with van der Waals surface area (Å²) in [4.78, 5) is 47.3. The molecular weight excluding hydrogens is 1310 g/mol. The molecule has 10 rings (SSSR count). The lowest BCUT2D eigenvalue weighted by molar-refractivity contribution is -0.350. The average molecular weight is 1410 g/mol. The molecule has 21 nitrogen and oxygen atoms in total. The first kappa shape index (κ1) is 77.4. The molecule has 0 amide bonds. The molecule has 0 aliphatic carbocycles. The fourth-order valence-electron chi connectivity index (χ4n) is 11.8. The summed E-state index contributed by atoms with van der Waals surface area (Å²) in [6, 6.07) is 67.5. The number of rotatable bonds is 32. The minimum absolute atomic E-state index is 0.00396. The molecule has 103 heavy (non-hydrogen) atoms. The maximum Gasteiger partial charge on any atom is 0.311 e. The van der Waals surface area contributed by atoms with Crippen LogP contribution in [0, 0.1) is 16.2 Å². The van der Waals surface area contributed by atoms with Crippen molar-refractivity contribution in [2.75, 3.05) is 19.8 Å². The lowest BCUT2D eigenvalue weighted by atomic mass is 9.93. The molecule has 0 unspecified atom stereocenters. The number of hydrogen-bond acceptors (Lipinski definition) is 19. The highest BCUT2D eigenvalue weighted by Crippen LogP contribution is 2.39. The summed E-state index contributed by atoms with van der Waals surface area (Å²) in [6.45, 7) is 14.9. The Morgan fingerprint density at radius 3 is 0.942 bits per heavy atom. The number of esters is 3. The van der Waals surface area contributed by atoms with Crippen molar-refractivity contribution in [2.24, 2.45) is 21.4 Å². The Hall–Kier alpha value is -8.22. The molecule has 0 radical (unpaired) electrons. The Morgan fingerprint density at radius 2 is 0.592 bits per heavy atom. The van der Waals surface area contributed by atoms with Gasteiger partial charge in [-0.05, 0) is 107 Å². The molecule has 21 heteroatoms. The fourth-order valence-corrected chi connectivity index (χ4v) is 11.8. The predicted octanol–water partition coefficient (Wildman–Crippen LogP) is 14.1.